The zero-order valence-electron chi connectivity index (χ0n) is 16.5. The summed E-state index contributed by atoms with van der Waals surface area (Å²) in [4.78, 5) is 13.0. The van der Waals surface area contributed by atoms with E-state index < -0.39 is 5.56 Å². The molecule has 1 aliphatic heterocycles. The summed E-state index contributed by atoms with van der Waals surface area (Å²) in [5.74, 6) is 0.663. The molecule has 1 aliphatic rings. The van der Waals surface area contributed by atoms with Crippen LogP contribution in [0.3, 0.4) is 0 Å². The first kappa shape index (κ1) is 20.4. The average Bonchev–Trinajstić information content (AvgIpc) is 3.24. The zero-order valence-corrected chi connectivity index (χ0v) is 16.5. The molecule has 1 aromatic heterocycles. The maximum atomic E-state index is 13.0. The maximum absolute atomic E-state index is 13.0. The van der Waals surface area contributed by atoms with Crippen molar-refractivity contribution in [2.75, 3.05) is 20.8 Å². The number of benzene rings is 1. The molecule has 0 saturated carbocycles. The molecule has 29 heavy (non-hydrogen) atoms. The molecule has 9 nitrogen and oxygen atoms in total. The van der Waals surface area contributed by atoms with Gasteiger partial charge in [0, 0.05) is 30.4 Å². The van der Waals surface area contributed by atoms with E-state index in [9.17, 15) is 15.2 Å². The second kappa shape index (κ2) is 8.75. The lowest BCUT2D eigenvalue weighted by atomic mass is 10.1. The van der Waals surface area contributed by atoms with Crippen LogP contribution in [0.15, 0.2) is 33.2 Å². The van der Waals surface area contributed by atoms with E-state index in [1.165, 1.54) is 14.2 Å². The van der Waals surface area contributed by atoms with E-state index in [0.29, 0.717) is 23.8 Å². The summed E-state index contributed by atoms with van der Waals surface area (Å²) in [6, 6.07) is 6.90. The monoisotopic (exact) mass is 398 g/mol. The van der Waals surface area contributed by atoms with Gasteiger partial charge in [0.1, 0.15) is 23.1 Å². The van der Waals surface area contributed by atoms with E-state index in [2.05, 4.69) is 10.2 Å². The first-order valence-corrected chi connectivity index (χ1v) is 9.11. The van der Waals surface area contributed by atoms with Crippen LogP contribution in [0.2, 0.25) is 0 Å². The highest BCUT2D eigenvalue weighted by atomic mass is 16.5. The second-order valence-corrected chi connectivity index (χ2v) is 6.61. The molecular weight excluding hydrogens is 376 g/mol. The summed E-state index contributed by atoms with van der Waals surface area (Å²) in [6.45, 7) is 2.31. The van der Waals surface area contributed by atoms with E-state index >= 15 is 0 Å². The Morgan fingerprint density at radius 2 is 1.97 bits per heavy atom. The van der Waals surface area contributed by atoms with Gasteiger partial charge in [-0.25, -0.2) is 0 Å². The molecule has 1 aromatic carbocycles. The van der Waals surface area contributed by atoms with Crippen LogP contribution in [0.5, 0.6) is 17.4 Å². The Morgan fingerprint density at radius 1 is 1.28 bits per heavy atom. The summed E-state index contributed by atoms with van der Waals surface area (Å²) in [7, 11) is 3.03. The number of methoxy groups -OCH3 is 2. The predicted octanol–water partition coefficient (Wildman–Crippen LogP) is 3.35. The molecule has 3 rings (SSSR count). The highest BCUT2D eigenvalue weighted by molar-refractivity contribution is 5.57. The van der Waals surface area contributed by atoms with Crippen LogP contribution in [-0.4, -0.2) is 36.6 Å². The smallest absolute Gasteiger partial charge is 0.281 e. The Morgan fingerprint density at radius 3 is 2.52 bits per heavy atom. The van der Waals surface area contributed by atoms with Crippen LogP contribution >= 0.6 is 0 Å². The standard InChI is InChI=1S/C20H22N4O5/c1-12-17(10-21)19(25)24(11-14-5-4-6-29-14)20(26)18(12)23-22-13-7-15(27-2)9-16(8-13)28-3/h7-9,14,25H,4-6,11H2,1-3H3. The number of rotatable bonds is 6. The van der Waals surface area contributed by atoms with E-state index in [4.69, 9.17) is 14.2 Å². The van der Waals surface area contributed by atoms with E-state index in [0.717, 1.165) is 17.4 Å². The Labute approximate surface area is 167 Å². The number of nitrogens with zero attached hydrogens (tertiary/aromatic N) is 4. The van der Waals surface area contributed by atoms with Crippen molar-refractivity contribution in [3.63, 3.8) is 0 Å². The molecule has 0 aliphatic carbocycles. The largest absolute Gasteiger partial charge is 0.497 e. The summed E-state index contributed by atoms with van der Waals surface area (Å²) in [5.41, 5.74) is 0.112. The molecule has 2 heterocycles. The van der Waals surface area contributed by atoms with Crippen molar-refractivity contribution in [2.45, 2.75) is 32.4 Å². The summed E-state index contributed by atoms with van der Waals surface area (Å²) in [5, 5.41) is 28.1. The fourth-order valence-corrected chi connectivity index (χ4v) is 3.18. The van der Waals surface area contributed by atoms with Gasteiger partial charge in [0.15, 0.2) is 5.69 Å². The first-order valence-electron chi connectivity index (χ1n) is 9.11. The van der Waals surface area contributed by atoms with Crippen LogP contribution in [0.4, 0.5) is 11.4 Å². The van der Waals surface area contributed by atoms with E-state index in [-0.39, 0.29) is 35.3 Å². The summed E-state index contributed by atoms with van der Waals surface area (Å²) >= 11 is 0. The van der Waals surface area contributed by atoms with Gasteiger partial charge >= 0.3 is 0 Å². The first-order chi connectivity index (χ1) is 14.0. The van der Waals surface area contributed by atoms with E-state index in [1.54, 1.807) is 25.1 Å². The van der Waals surface area contributed by atoms with Gasteiger partial charge in [-0.05, 0) is 19.8 Å². The lowest BCUT2D eigenvalue weighted by Crippen LogP contribution is -2.27. The minimum Gasteiger partial charge on any atom is -0.497 e. The van der Waals surface area contributed by atoms with Crippen LogP contribution in [-0.2, 0) is 11.3 Å². The Kier molecular flexibility index (Phi) is 6.14. The molecule has 0 radical (unpaired) electrons. The van der Waals surface area contributed by atoms with Crippen molar-refractivity contribution < 1.29 is 19.3 Å². The summed E-state index contributed by atoms with van der Waals surface area (Å²) in [6.07, 6.45) is 1.48. The van der Waals surface area contributed by atoms with Crippen LogP contribution in [0.25, 0.3) is 0 Å². The number of aromatic nitrogens is 1. The van der Waals surface area contributed by atoms with Gasteiger partial charge in [0.05, 0.1) is 32.6 Å². The van der Waals surface area contributed by atoms with E-state index in [1.807, 2.05) is 6.07 Å². The van der Waals surface area contributed by atoms with Crippen LogP contribution in [0.1, 0.15) is 24.0 Å². The van der Waals surface area contributed by atoms with Gasteiger partial charge in [-0.2, -0.15) is 10.4 Å². The van der Waals surface area contributed by atoms with Gasteiger partial charge in [-0.1, -0.05) is 0 Å². The number of aromatic hydroxyl groups is 1. The van der Waals surface area contributed by atoms with Gasteiger partial charge in [-0.15, -0.1) is 5.11 Å². The average molecular weight is 398 g/mol. The van der Waals surface area contributed by atoms with Crippen molar-refractivity contribution in [2.24, 2.45) is 10.2 Å². The Bertz CT molecular complexity index is 1010. The molecule has 9 heteroatoms. The molecule has 1 atom stereocenters. The molecule has 1 unspecified atom stereocenters. The number of hydrogen-bond donors (Lipinski definition) is 1. The molecule has 1 N–H and O–H groups in total. The second-order valence-electron chi connectivity index (χ2n) is 6.61. The quantitative estimate of drug-likeness (QED) is 0.746. The van der Waals surface area contributed by atoms with Crippen molar-refractivity contribution in [1.82, 2.24) is 4.57 Å². The molecule has 0 bridgehead atoms. The third-order valence-electron chi connectivity index (χ3n) is 4.78. The number of nitriles is 1. The topological polar surface area (TPSA) is 118 Å². The van der Waals surface area contributed by atoms with Gasteiger partial charge < -0.3 is 19.3 Å². The fourth-order valence-electron chi connectivity index (χ4n) is 3.18. The van der Waals surface area contributed by atoms with Crippen LogP contribution < -0.4 is 15.0 Å². The molecule has 1 fully saturated rings. The molecule has 152 valence electrons. The SMILES string of the molecule is COc1cc(N=Nc2c(C)c(C#N)c(O)n(CC3CCCO3)c2=O)cc(OC)c1. The minimum atomic E-state index is -0.534. The van der Waals surface area contributed by atoms with Gasteiger partial charge in [0.25, 0.3) is 5.56 Å². The Balaban J connectivity index is 2.06. The van der Waals surface area contributed by atoms with Crippen molar-refractivity contribution in [3.05, 3.63) is 39.7 Å². The number of azo groups is 1. The Hall–Kier alpha value is -3.38. The lowest BCUT2D eigenvalue weighted by molar-refractivity contribution is 0.0939. The highest BCUT2D eigenvalue weighted by Crippen LogP contribution is 2.31. The van der Waals surface area contributed by atoms with Crippen molar-refractivity contribution in [3.8, 4) is 23.4 Å². The number of ether oxygens (including phenoxy) is 3. The highest BCUT2D eigenvalue weighted by Gasteiger charge is 2.23. The molecule has 0 spiro atoms. The van der Waals surface area contributed by atoms with Crippen LogP contribution in [0, 0.1) is 18.3 Å². The van der Waals surface area contributed by atoms with Gasteiger partial charge in [-0.3, -0.25) is 9.36 Å². The lowest BCUT2D eigenvalue weighted by Gasteiger charge is -2.16. The number of hydrogen-bond acceptors (Lipinski definition) is 8. The molecule has 2 aromatic rings. The van der Waals surface area contributed by atoms with Crippen molar-refractivity contribution in [1.29, 1.82) is 5.26 Å². The fraction of sp³-hybridized carbons (Fsp3) is 0.400. The third-order valence-corrected chi connectivity index (χ3v) is 4.78. The molecule has 1 saturated heterocycles. The predicted molar refractivity (Wildman–Crippen MR) is 105 cm³/mol. The van der Waals surface area contributed by atoms with Crippen molar-refractivity contribution >= 4 is 11.4 Å². The molecular formula is C20H22N4O5. The summed E-state index contributed by atoms with van der Waals surface area (Å²) < 4.78 is 17.1. The zero-order chi connectivity index (χ0) is 21.0. The van der Waals surface area contributed by atoms with Gasteiger partial charge in [0.2, 0.25) is 5.88 Å². The normalized spacial score (nSPS) is 16.1. The minimum absolute atomic E-state index is 0.0141. The maximum Gasteiger partial charge on any atom is 0.281 e. The molecule has 0 amide bonds. The number of pyridine rings is 1. The third kappa shape index (κ3) is 4.22.